The number of carbonyl (C=O) groups excluding carboxylic acids is 1. The fraction of sp³-hybridized carbons (Fsp3) is 0.818. The second-order valence-electron chi connectivity index (χ2n) is 4.50. The van der Waals surface area contributed by atoms with Crippen LogP contribution in [-0.2, 0) is 9.59 Å². The van der Waals surface area contributed by atoms with Gasteiger partial charge in [-0.05, 0) is 33.2 Å². The largest absolute Gasteiger partial charge is 0.480 e. The molecule has 16 heavy (non-hydrogen) atoms. The van der Waals surface area contributed by atoms with Crippen molar-refractivity contribution in [2.75, 3.05) is 19.6 Å². The van der Waals surface area contributed by atoms with Crippen LogP contribution in [0.1, 0.15) is 26.7 Å². The highest BCUT2D eigenvalue weighted by molar-refractivity contribution is 5.83. The van der Waals surface area contributed by atoms with Crippen molar-refractivity contribution < 1.29 is 14.7 Å². The molecule has 0 aromatic rings. The smallest absolute Gasteiger partial charge is 0.323 e. The van der Waals surface area contributed by atoms with Gasteiger partial charge in [-0.15, -0.1) is 0 Å². The van der Waals surface area contributed by atoms with Crippen LogP contribution in [0.15, 0.2) is 0 Å². The van der Waals surface area contributed by atoms with Crippen LogP contribution in [0.2, 0.25) is 0 Å². The SMILES string of the molecule is CC(C)N(CC(=O)O)C(=O)[C@@H]1CCCNC1. The highest BCUT2D eigenvalue weighted by Crippen LogP contribution is 2.15. The van der Waals surface area contributed by atoms with Gasteiger partial charge in [-0.25, -0.2) is 0 Å². The maximum atomic E-state index is 12.1. The summed E-state index contributed by atoms with van der Waals surface area (Å²) in [5.74, 6) is -1.05. The Kier molecular flexibility index (Phi) is 4.73. The van der Waals surface area contributed by atoms with E-state index < -0.39 is 5.97 Å². The predicted molar refractivity (Wildman–Crippen MR) is 60.1 cm³/mol. The van der Waals surface area contributed by atoms with E-state index in [1.165, 1.54) is 4.90 Å². The number of amides is 1. The van der Waals surface area contributed by atoms with E-state index in [9.17, 15) is 9.59 Å². The zero-order valence-corrected chi connectivity index (χ0v) is 9.90. The first-order valence-electron chi connectivity index (χ1n) is 5.75. The molecule has 0 aromatic carbocycles. The summed E-state index contributed by atoms with van der Waals surface area (Å²) in [4.78, 5) is 24.2. The lowest BCUT2D eigenvalue weighted by Crippen LogP contribution is -2.47. The second kappa shape index (κ2) is 5.84. The third-order valence-corrected chi connectivity index (χ3v) is 2.86. The van der Waals surface area contributed by atoms with E-state index in [4.69, 9.17) is 5.11 Å². The van der Waals surface area contributed by atoms with Gasteiger partial charge in [0, 0.05) is 12.6 Å². The molecule has 1 saturated heterocycles. The Hall–Kier alpha value is -1.10. The molecule has 1 fully saturated rings. The molecule has 0 spiro atoms. The third-order valence-electron chi connectivity index (χ3n) is 2.86. The average molecular weight is 228 g/mol. The molecular formula is C11H20N2O3. The maximum absolute atomic E-state index is 12.1. The number of nitrogens with zero attached hydrogens (tertiary/aromatic N) is 1. The number of carboxylic acid groups (broad SMARTS) is 1. The van der Waals surface area contributed by atoms with Crippen molar-refractivity contribution in [3.8, 4) is 0 Å². The molecule has 0 aromatic heterocycles. The molecule has 1 atom stereocenters. The van der Waals surface area contributed by atoms with Gasteiger partial charge in [-0.2, -0.15) is 0 Å². The summed E-state index contributed by atoms with van der Waals surface area (Å²) in [6.07, 6.45) is 1.84. The Balaban J connectivity index is 2.61. The van der Waals surface area contributed by atoms with Crippen LogP contribution in [0.25, 0.3) is 0 Å². The first-order valence-corrected chi connectivity index (χ1v) is 5.75. The van der Waals surface area contributed by atoms with Crippen LogP contribution < -0.4 is 5.32 Å². The van der Waals surface area contributed by atoms with Gasteiger partial charge >= 0.3 is 5.97 Å². The van der Waals surface area contributed by atoms with Crippen molar-refractivity contribution in [3.05, 3.63) is 0 Å². The van der Waals surface area contributed by atoms with E-state index in [0.717, 1.165) is 19.4 Å². The molecule has 2 N–H and O–H groups in total. The number of carboxylic acids is 1. The minimum atomic E-state index is -0.953. The van der Waals surface area contributed by atoms with E-state index in [2.05, 4.69) is 5.32 Å². The van der Waals surface area contributed by atoms with Gasteiger partial charge in [-0.3, -0.25) is 9.59 Å². The Morgan fingerprint density at radius 1 is 1.50 bits per heavy atom. The average Bonchev–Trinajstić information content (AvgIpc) is 2.25. The van der Waals surface area contributed by atoms with E-state index in [0.29, 0.717) is 6.54 Å². The fourth-order valence-corrected chi connectivity index (χ4v) is 1.96. The van der Waals surface area contributed by atoms with Crippen LogP contribution in [-0.4, -0.2) is 47.6 Å². The first-order chi connectivity index (χ1) is 7.52. The summed E-state index contributed by atoms with van der Waals surface area (Å²) in [5, 5.41) is 11.9. The highest BCUT2D eigenvalue weighted by Gasteiger charge is 2.28. The molecule has 1 aliphatic heterocycles. The van der Waals surface area contributed by atoms with Crippen LogP contribution in [0.3, 0.4) is 0 Å². The lowest BCUT2D eigenvalue weighted by molar-refractivity contribution is -0.148. The predicted octanol–water partition coefficient (Wildman–Crippen LogP) is 0.308. The summed E-state index contributed by atoms with van der Waals surface area (Å²) in [5.41, 5.74) is 0. The van der Waals surface area contributed by atoms with Crippen LogP contribution >= 0.6 is 0 Å². The standard InChI is InChI=1S/C11H20N2O3/c1-8(2)13(7-10(14)15)11(16)9-4-3-5-12-6-9/h8-9,12H,3-7H2,1-2H3,(H,14,15)/t9-/m1/s1. The highest BCUT2D eigenvalue weighted by atomic mass is 16.4. The van der Waals surface area contributed by atoms with Crippen molar-refractivity contribution in [1.29, 1.82) is 0 Å². The van der Waals surface area contributed by atoms with Gasteiger partial charge < -0.3 is 15.3 Å². The molecule has 0 radical (unpaired) electrons. The molecule has 5 nitrogen and oxygen atoms in total. The number of carbonyl (C=O) groups is 2. The zero-order valence-electron chi connectivity index (χ0n) is 9.90. The summed E-state index contributed by atoms with van der Waals surface area (Å²) >= 11 is 0. The molecule has 0 saturated carbocycles. The Labute approximate surface area is 95.8 Å². The fourth-order valence-electron chi connectivity index (χ4n) is 1.96. The summed E-state index contributed by atoms with van der Waals surface area (Å²) < 4.78 is 0. The molecule has 0 bridgehead atoms. The lowest BCUT2D eigenvalue weighted by atomic mass is 9.97. The summed E-state index contributed by atoms with van der Waals surface area (Å²) in [7, 11) is 0. The Morgan fingerprint density at radius 2 is 2.19 bits per heavy atom. The topological polar surface area (TPSA) is 69.6 Å². The minimum Gasteiger partial charge on any atom is -0.480 e. The van der Waals surface area contributed by atoms with Crippen molar-refractivity contribution >= 4 is 11.9 Å². The van der Waals surface area contributed by atoms with Gasteiger partial charge in [0.1, 0.15) is 6.54 Å². The number of hydrogen-bond acceptors (Lipinski definition) is 3. The Bertz CT molecular complexity index is 260. The summed E-state index contributed by atoms with van der Waals surface area (Å²) in [6, 6.07) is -0.0643. The summed E-state index contributed by atoms with van der Waals surface area (Å²) in [6.45, 7) is 5.10. The molecule has 1 amide bonds. The molecule has 1 rings (SSSR count). The van der Waals surface area contributed by atoms with Gasteiger partial charge in [0.25, 0.3) is 0 Å². The van der Waals surface area contributed by atoms with Gasteiger partial charge in [0.2, 0.25) is 5.91 Å². The number of piperidine rings is 1. The monoisotopic (exact) mass is 228 g/mol. The molecule has 1 aliphatic rings. The van der Waals surface area contributed by atoms with Crippen molar-refractivity contribution in [3.63, 3.8) is 0 Å². The normalized spacial score (nSPS) is 20.8. The first kappa shape index (κ1) is 13.0. The number of aliphatic carboxylic acids is 1. The Morgan fingerprint density at radius 3 is 2.62 bits per heavy atom. The van der Waals surface area contributed by atoms with Gasteiger partial charge in [0.05, 0.1) is 5.92 Å². The van der Waals surface area contributed by atoms with Crippen LogP contribution in [0, 0.1) is 5.92 Å². The molecule has 5 heteroatoms. The van der Waals surface area contributed by atoms with Crippen molar-refractivity contribution in [1.82, 2.24) is 10.2 Å². The van der Waals surface area contributed by atoms with E-state index in [1.54, 1.807) is 0 Å². The van der Waals surface area contributed by atoms with E-state index >= 15 is 0 Å². The van der Waals surface area contributed by atoms with Gasteiger partial charge in [0.15, 0.2) is 0 Å². The molecule has 0 unspecified atom stereocenters. The number of hydrogen-bond donors (Lipinski definition) is 2. The molecule has 92 valence electrons. The molecule has 1 heterocycles. The van der Waals surface area contributed by atoms with Crippen molar-refractivity contribution in [2.24, 2.45) is 5.92 Å². The van der Waals surface area contributed by atoms with E-state index in [-0.39, 0.29) is 24.4 Å². The molecule has 0 aliphatic carbocycles. The number of rotatable bonds is 4. The second-order valence-corrected chi connectivity index (χ2v) is 4.50. The lowest BCUT2D eigenvalue weighted by Gasteiger charge is -2.31. The third kappa shape index (κ3) is 3.48. The minimum absolute atomic E-state index is 0.0374. The van der Waals surface area contributed by atoms with Crippen molar-refractivity contribution in [2.45, 2.75) is 32.7 Å². The quantitative estimate of drug-likeness (QED) is 0.726. The van der Waals surface area contributed by atoms with E-state index in [1.807, 2.05) is 13.8 Å². The van der Waals surface area contributed by atoms with Crippen LogP contribution in [0.5, 0.6) is 0 Å². The van der Waals surface area contributed by atoms with Crippen LogP contribution in [0.4, 0.5) is 0 Å². The molecular weight excluding hydrogens is 208 g/mol. The van der Waals surface area contributed by atoms with Gasteiger partial charge in [-0.1, -0.05) is 0 Å². The number of nitrogens with one attached hydrogen (secondary N) is 1. The maximum Gasteiger partial charge on any atom is 0.323 e. The zero-order chi connectivity index (χ0) is 12.1.